The maximum Gasteiger partial charge on any atom is 0.167 e. The predicted octanol–water partition coefficient (Wildman–Crippen LogP) is 11.5. The molecule has 0 radical (unpaired) electrons. The molecule has 0 N–H and O–H groups in total. The summed E-state index contributed by atoms with van der Waals surface area (Å²) in [4.78, 5) is 15.6. The maximum atomic E-state index is 6.46. The highest BCUT2D eigenvalue weighted by atomic mass is 16.3. The summed E-state index contributed by atoms with van der Waals surface area (Å²) in [6, 6.07) is 51.6. The molecule has 10 aromatic rings. The van der Waals surface area contributed by atoms with Crippen LogP contribution in [0.4, 0.5) is 0 Å². The van der Waals surface area contributed by atoms with Crippen molar-refractivity contribution in [2.45, 2.75) is 0 Å². The lowest BCUT2D eigenvalue weighted by Crippen LogP contribution is -2.01. The quantitative estimate of drug-likeness (QED) is 0.197. The van der Waals surface area contributed by atoms with Crippen LogP contribution in [0.3, 0.4) is 0 Å². The van der Waals surface area contributed by atoms with Gasteiger partial charge in [-0.25, -0.2) is 15.0 Å². The van der Waals surface area contributed by atoms with Crippen molar-refractivity contribution in [3.05, 3.63) is 152 Å². The van der Waals surface area contributed by atoms with Gasteiger partial charge in [0.2, 0.25) is 0 Å². The fourth-order valence-corrected chi connectivity index (χ4v) is 6.89. The molecule has 5 heteroatoms. The minimum atomic E-state index is 0.540. The monoisotopic (exact) mass is 615 g/mol. The molecular formula is C43H25N3O2. The van der Waals surface area contributed by atoms with Crippen LogP contribution >= 0.6 is 0 Å². The van der Waals surface area contributed by atoms with Gasteiger partial charge < -0.3 is 8.83 Å². The number of hydrogen-bond donors (Lipinski definition) is 0. The fraction of sp³-hybridized carbons (Fsp3) is 0. The second-order valence-electron chi connectivity index (χ2n) is 12.0. The molecule has 10 rings (SSSR count). The molecule has 0 saturated carbocycles. The van der Waals surface area contributed by atoms with Crippen LogP contribution in [0.25, 0.3) is 99.9 Å². The number of fused-ring (bicyclic) bond motifs is 7. The Kier molecular flexibility index (Phi) is 5.81. The topological polar surface area (TPSA) is 65.0 Å². The Labute approximate surface area is 274 Å². The summed E-state index contributed by atoms with van der Waals surface area (Å²) in [5.74, 6) is 1.68. The highest BCUT2D eigenvalue weighted by Gasteiger charge is 2.23. The summed E-state index contributed by atoms with van der Waals surface area (Å²) < 4.78 is 12.9. The molecule has 0 amide bonds. The van der Waals surface area contributed by atoms with E-state index in [4.69, 9.17) is 23.8 Å². The third kappa shape index (κ3) is 4.15. The van der Waals surface area contributed by atoms with Crippen LogP contribution in [-0.2, 0) is 0 Å². The molecule has 0 saturated heterocycles. The second-order valence-corrected chi connectivity index (χ2v) is 12.0. The molecule has 3 aromatic heterocycles. The highest BCUT2D eigenvalue weighted by molar-refractivity contribution is 6.15. The van der Waals surface area contributed by atoms with E-state index in [9.17, 15) is 0 Å². The molecule has 0 bridgehead atoms. The van der Waals surface area contributed by atoms with Crippen LogP contribution in [0.1, 0.15) is 0 Å². The van der Waals surface area contributed by atoms with E-state index in [1.165, 1.54) is 5.39 Å². The first-order valence-corrected chi connectivity index (χ1v) is 15.9. The van der Waals surface area contributed by atoms with Gasteiger partial charge in [0.1, 0.15) is 22.3 Å². The van der Waals surface area contributed by atoms with Gasteiger partial charge in [0.05, 0.1) is 5.56 Å². The van der Waals surface area contributed by atoms with Crippen molar-refractivity contribution in [2.75, 3.05) is 0 Å². The van der Waals surface area contributed by atoms with E-state index in [2.05, 4.69) is 72.8 Å². The Balaban J connectivity index is 1.32. The smallest absolute Gasteiger partial charge is 0.167 e. The van der Waals surface area contributed by atoms with Gasteiger partial charge in [0, 0.05) is 32.7 Å². The second kappa shape index (κ2) is 10.5. The number of furan rings is 2. The van der Waals surface area contributed by atoms with E-state index < -0.39 is 0 Å². The van der Waals surface area contributed by atoms with Crippen LogP contribution in [0, 0.1) is 0 Å². The summed E-state index contributed by atoms with van der Waals surface area (Å²) in [7, 11) is 0. The standard InChI is InChI=1S/C43H25N3O2/c1-2-12-27(13-3-1)41-44-42(34-18-10-17-32-31-15-6-8-19-35(31)48-40(32)34)46-43(45-41)39-30(29-22-21-26-11-4-5-14-28(26)25-29)23-24-37-38(39)33-16-7-9-20-36(33)47-37/h1-25H. The van der Waals surface area contributed by atoms with Gasteiger partial charge >= 0.3 is 0 Å². The summed E-state index contributed by atoms with van der Waals surface area (Å²) >= 11 is 0. The molecule has 48 heavy (non-hydrogen) atoms. The summed E-state index contributed by atoms with van der Waals surface area (Å²) in [5.41, 5.74) is 7.84. The van der Waals surface area contributed by atoms with Crippen molar-refractivity contribution in [3.63, 3.8) is 0 Å². The first kappa shape index (κ1) is 26.6. The molecule has 0 unspecified atom stereocenters. The summed E-state index contributed by atoms with van der Waals surface area (Å²) in [6.45, 7) is 0. The van der Waals surface area contributed by atoms with Crippen molar-refractivity contribution in [2.24, 2.45) is 0 Å². The van der Waals surface area contributed by atoms with Gasteiger partial charge in [-0.05, 0) is 58.3 Å². The average molecular weight is 616 g/mol. The molecule has 0 aliphatic carbocycles. The number of hydrogen-bond acceptors (Lipinski definition) is 5. The Morgan fingerprint density at radius 3 is 1.94 bits per heavy atom. The van der Waals surface area contributed by atoms with Gasteiger partial charge in [0.25, 0.3) is 0 Å². The predicted molar refractivity (Wildman–Crippen MR) is 194 cm³/mol. The zero-order chi connectivity index (χ0) is 31.6. The van der Waals surface area contributed by atoms with Crippen LogP contribution < -0.4 is 0 Å². The molecule has 0 spiro atoms. The van der Waals surface area contributed by atoms with Crippen molar-refractivity contribution >= 4 is 54.6 Å². The molecule has 0 fully saturated rings. The van der Waals surface area contributed by atoms with E-state index in [1.807, 2.05) is 78.9 Å². The van der Waals surface area contributed by atoms with Crippen molar-refractivity contribution in [3.8, 4) is 45.3 Å². The van der Waals surface area contributed by atoms with Gasteiger partial charge in [-0.15, -0.1) is 0 Å². The summed E-state index contributed by atoms with van der Waals surface area (Å²) in [6.07, 6.45) is 0. The number of para-hydroxylation sites is 3. The molecule has 5 nitrogen and oxygen atoms in total. The first-order chi connectivity index (χ1) is 23.8. The largest absolute Gasteiger partial charge is 0.456 e. The van der Waals surface area contributed by atoms with Crippen molar-refractivity contribution in [1.82, 2.24) is 15.0 Å². The van der Waals surface area contributed by atoms with E-state index in [1.54, 1.807) is 0 Å². The van der Waals surface area contributed by atoms with Crippen molar-refractivity contribution < 1.29 is 8.83 Å². The van der Waals surface area contributed by atoms with E-state index in [0.29, 0.717) is 17.5 Å². The number of rotatable bonds is 4. The fourth-order valence-electron chi connectivity index (χ4n) is 6.89. The lowest BCUT2D eigenvalue weighted by atomic mass is 9.93. The summed E-state index contributed by atoms with van der Waals surface area (Å²) in [5, 5.41) is 6.40. The van der Waals surface area contributed by atoms with Gasteiger partial charge in [-0.3, -0.25) is 0 Å². The first-order valence-electron chi connectivity index (χ1n) is 15.9. The minimum Gasteiger partial charge on any atom is -0.456 e. The Morgan fingerprint density at radius 2 is 1.06 bits per heavy atom. The van der Waals surface area contributed by atoms with Crippen LogP contribution in [0.15, 0.2) is 160 Å². The van der Waals surface area contributed by atoms with E-state index in [0.717, 1.165) is 77.1 Å². The number of aromatic nitrogens is 3. The zero-order valence-electron chi connectivity index (χ0n) is 25.6. The number of benzene rings is 7. The Morgan fingerprint density at radius 1 is 0.375 bits per heavy atom. The molecule has 0 aliphatic rings. The molecule has 0 aliphatic heterocycles. The molecular weight excluding hydrogens is 590 g/mol. The van der Waals surface area contributed by atoms with Crippen LogP contribution in [0.5, 0.6) is 0 Å². The lowest BCUT2D eigenvalue weighted by molar-refractivity contribution is 0.668. The SMILES string of the molecule is c1ccc(-c2nc(-c3cccc4c3oc3ccccc34)nc(-c3c(-c4ccc5ccccc5c4)ccc4oc5ccccc5c34)n2)cc1. The third-order valence-corrected chi connectivity index (χ3v) is 9.14. The normalized spacial score (nSPS) is 11.8. The molecule has 0 atom stereocenters. The van der Waals surface area contributed by atoms with Crippen molar-refractivity contribution in [1.29, 1.82) is 0 Å². The molecule has 3 heterocycles. The van der Waals surface area contributed by atoms with Gasteiger partial charge in [-0.1, -0.05) is 115 Å². The molecule has 224 valence electrons. The van der Waals surface area contributed by atoms with Crippen LogP contribution in [0.2, 0.25) is 0 Å². The van der Waals surface area contributed by atoms with Gasteiger partial charge in [0.15, 0.2) is 17.5 Å². The van der Waals surface area contributed by atoms with Gasteiger partial charge in [-0.2, -0.15) is 0 Å². The lowest BCUT2D eigenvalue weighted by Gasteiger charge is -2.14. The zero-order valence-corrected chi connectivity index (χ0v) is 25.6. The van der Waals surface area contributed by atoms with E-state index >= 15 is 0 Å². The van der Waals surface area contributed by atoms with Crippen LogP contribution in [-0.4, -0.2) is 15.0 Å². The minimum absolute atomic E-state index is 0.540. The number of nitrogens with zero attached hydrogens (tertiary/aromatic N) is 3. The Hall–Kier alpha value is -6.59. The molecule has 7 aromatic carbocycles. The average Bonchev–Trinajstić information content (AvgIpc) is 3.73. The maximum absolute atomic E-state index is 6.46. The van der Waals surface area contributed by atoms with E-state index in [-0.39, 0.29) is 0 Å². The third-order valence-electron chi connectivity index (χ3n) is 9.14. The highest BCUT2D eigenvalue weighted by Crippen LogP contribution is 2.43. The Bertz CT molecular complexity index is 2850.